The van der Waals surface area contributed by atoms with Crippen LogP contribution in [0.1, 0.15) is 10.4 Å². The van der Waals surface area contributed by atoms with Gasteiger partial charge in [-0.2, -0.15) is 0 Å². The van der Waals surface area contributed by atoms with E-state index in [1.54, 1.807) is 25.6 Å². The van der Waals surface area contributed by atoms with E-state index in [0.717, 1.165) is 15.9 Å². The summed E-state index contributed by atoms with van der Waals surface area (Å²) in [6, 6.07) is 7.95. The fraction of sp³-hybridized carbons (Fsp3) is 0.286. The zero-order valence-electron chi connectivity index (χ0n) is 11.2. The van der Waals surface area contributed by atoms with Crippen LogP contribution in [-0.4, -0.2) is 14.2 Å². The van der Waals surface area contributed by atoms with Crippen LogP contribution in [0.5, 0.6) is 11.5 Å². The number of hydrogen-bond acceptors (Lipinski definition) is 4. The quantitative estimate of drug-likeness (QED) is 0.807. The van der Waals surface area contributed by atoms with E-state index in [2.05, 4.69) is 27.3 Å². The monoisotopic (exact) mass is 375 g/mol. The van der Waals surface area contributed by atoms with Crippen LogP contribution in [0.3, 0.4) is 0 Å². The van der Waals surface area contributed by atoms with Crippen molar-refractivity contribution in [3.05, 3.63) is 43.5 Å². The molecule has 0 aliphatic rings. The predicted octanol–water partition coefficient (Wildman–Crippen LogP) is 4.47. The van der Waals surface area contributed by atoms with Crippen molar-refractivity contribution >= 4 is 38.9 Å². The number of benzene rings is 1. The molecule has 2 rings (SSSR count). The fourth-order valence-electron chi connectivity index (χ4n) is 1.83. The molecule has 6 heteroatoms. The van der Waals surface area contributed by atoms with Gasteiger partial charge in [-0.25, -0.2) is 0 Å². The van der Waals surface area contributed by atoms with E-state index in [4.69, 9.17) is 21.1 Å². The predicted molar refractivity (Wildman–Crippen MR) is 87.1 cm³/mol. The minimum atomic E-state index is 0.576. The van der Waals surface area contributed by atoms with E-state index in [-0.39, 0.29) is 0 Å². The summed E-state index contributed by atoms with van der Waals surface area (Å²) in [6.45, 7) is 1.48. The van der Waals surface area contributed by atoms with Gasteiger partial charge in [-0.1, -0.05) is 17.7 Å². The summed E-state index contributed by atoms with van der Waals surface area (Å²) in [6.07, 6.45) is 0. The number of rotatable bonds is 6. The van der Waals surface area contributed by atoms with Gasteiger partial charge in [0.1, 0.15) is 0 Å². The Morgan fingerprint density at radius 3 is 2.55 bits per heavy atom. The van der Waals surface area contributed by atoms with Gasteiger partial charge in [-0.15, -0.1) is 11.3 Å². The van der Waals surface area contributed by atoms with Crippen LogP contribution in [0.25, 0.3) is 0 Å². The number of ether oxygens (including phenoxy) is 2. The summed E-state index contributed by atoms with van der Waals surface area (Å²) < 4.78 is 11.6. The van der Waals surface area contributed by atoms with E-state index in [9.17, 15) is 0 Å². The SMILES string of the molecule is COc1ccc(CNCc2ccc(Br)s2)c(Cl)c1OC. The third-order valence-corrected chi connectivity index (χ3v) is 4.85. The number of hydrogen-bond donors (Lipinski definition) is 1. The number of halogens is 2. The lowest BCUT2D eigenvalue weighted by Gasteiger charge is -2.13. The molecule has 0 unspecified atom stereocenters. The second-order valence-electron chi connectivity index (χ2n) is 4.08. The van der Waals surface area contributed by atoms with Crippen molar-refractivity contribution in [2.24, 2.45) is 0 Å². The highest BCUT2D eigenvalue weighted by atomic mass is 79.9. The van der Waals surface area contributed by atoms with Crippen molar-refractivity contribution < 1.29 is 9.47 Å². The summed E-state index contributed by atoms with van der Waals surface area (Å²) >= 11 is 11.5. The van der Waals surface area contributed by atoms with Crippen LogP contribution >= 0.6 is 38.9 Å². The van der Waals surface area contributed by atoms with Crippen molar-refractivity contribution in [1.82, 2.24) is 5.32 Å². The molecule has 0 fully saturated rings. The highest BCUT2D eigenvalue weighted by Gasteiger charge is 2.12. The lowest BCUT2D eigenvalue weighted by molar-refractivity contribution is 0.354. The van der Waals surface area contributed by atoms with Crippen LogP contribution in [0.2, 0.25) is 5.02 Å². The number of methoxy groups -OCH3 is 2. The summed E-state index contributed by atoms with van der Waals surface area (Å²) in [4.78, 5) is 1.27. The summed E-state index contributed by atoms with van der Waals surface area (Å²) in [5, 5.41) is 3.96. The highest BCUT2D eigenvalue weighted by Crippen LogP contribution is 2.37. The number of nitrogens with one attached hydrogen (secondary N) is 1. The lowest BCUT2D eigenvalue weighted by atomic mass is 10.2. The molecular formula is C14H15BrClNO2S. The van der Waals surface area contributed by atoms with Crippen molar-refractivity contribution in [3.63, 3.8) is 0 Å². The van der Waals surface area contributed by atoms with Gasteiger partial charge in [0.2, 0.25) is 0 Å². The molecule has 20 heavy (non-hydrogen) atoms. The van der Waals surface area contributed by atoms with Gasteiger partial charge >= 0.3 is 0 Å². The Balaban J connectivity index is 2.02. The Hall–Kier alpha value is -0.750. The molecule has 1 N–H and O–H groups in total. The second kappa shape index (κ2) is 7.31. The molecule has 0 bridgehead atoms. The first-order valence-electron chi connectivity index (χ1n) is 6.00. The van der Waals surface area contributed by atoms with Crippen LogP contribution < -0.4 is 14.8 Å². The van der Waals surface area contributed by atoms with Crippen molar-refractivity contribution in [2.75, 3.05) is 14.2 Å². The van der Waals surface area contributed by atoms with E-state index in [1.165, 1.54) is 4.88 Å². The molecule has 1 aromatic carbocycles. The van der Waals surface area contributed by atoms with Crippen LogP contribution in [-0.2, 0) is 13.1 Å². The molecule has 108 valence electrons. The van der Waals surface area contributed by atoms with Gasteiger partial charge in [0.05, 0.1) is 23.0 Å². The minimum Gasteiger partial charge on any atom is -0.493 e. The van der Waals surface area contributed by atoms with Crippen LogP contribution in [0.4, 0.5) is 0 Å². The third-order valence-electron chi connectivity index (χ3n) is 2.81. The van der Waals surface area contributed by atoms with Gasteiger partial charge < -0.3 is 14.8 Å². The van der Waals surface area contributed by atoms with Crippen LogP contribution in [0, 0.1) is 0 Å². The maximum atomic E-state index is 6.33. The molecule has 0 aliphatic carbocycles. The molecule has 0 aliphatic heterocycles. The molecule has 0 spiro atoms. The largest absolute Gasteiger partial charge is 0.493 e. The normalized spacial score (nSPS) is 10.6. The molecule has 0 atom stereocenters. The van der Waals surface area contributed by atoms with E-state index >= 15 is 0 Å². The topological polar surface area (TPSA) is 30.5 Å². The highest BCUT2D eigenvalue weighted by molar-refractivity contribution is 9.11. The summed E-state index contributed by atoms with van der Waals surface area (Å²) in [7, 11) is 3.19. The Bertz CT molecular complexity index is 589. The summed E-state index contributed by atoms with van der Waals surface area (Å²) in [5.41, 5.74) is 0.986. The van der Waals surface area contributed by atoms with Gasteiger partial charge in [0.25, 0.3) is 0 Å². The standard InChI is InChI=1S/C14H15BrClNO2S/c1-18-11-5-3-9(13(16)14(11)19-2)7-17-8-10-4-6-12(15)20-10/h3-6,17H,7-8H2,1-2H3. The van der Waals surface area contributed by atoms with Crippen molar-refractivity contribution in [1.29, 1.82) is 0 Å². The Morgan fingerprint density at radius 1 is 1.15 bits per heavy atom. The Morgan fingerprint density at radius 2 is 1.95 bits per heavy atom. The van der Waals surface area contributed by atoms with Crippen LogP contribution in [0.15, 0.2) is 28.1 Å². The van der Waals surface area contributed by atoms with Gasteiger partial charge in [0, 0.05) is 18.0 Å². The zero-order valence-corrected chi connectivity index (χ0v) is 14.4. The molecule has 1 heterocycles. The van der Waals surface area contributed by atoms with E-state index in [0.29, 0.717) is 23.1 Å². The molecule has 0 saturated carbocycles. The Kier molecular flexibility index (Phi) is 5.72. The number of thiophene rings is 1. The summed E-state index contributed by atoms with van der Waals surface area (Å²) in [5.74, 6) is 1.22. The minimum absolute atomic E-state index is 0.576. The molecule has 0 saturated heterocycles. The lowest BCUT2D eigenvalue weighted by Crippen LogP contribution is -2.12. The third kappa shape index (κ3) is 3.67. The first kappa shape index (κ1) is 15.6. The molecule has 2 aromatic rings. The van der Waals surface area contributed by atoms with Gasteiger partial charge in [0.15, 0.2) is 11.5 Å². The van der Waals surface area contributed by atoms with Crippen molar-refractivity contribution in [2.45, 2.75) is 13.1 Å². The second-order valence-corrected chi connectivity index (χ2v) is 7.01. The van der Waals surface area contributed by atoms with E-state index < -0.39 is 0 Å². The molecule has 1 aromatic heterocycles. The maximum Gasteiger partial charge on any atom is 0.179 e. The maximum absolute atomic E-state index is 6.33. The Labute approximate surface area is 136 Å². The molecule has 0 amide bonds. The first-order valence-corrected chi connectivity index (χ1v) is 7.98. The zero-order chi connectivity index (χ0) is 14.5. The average molecular weight is 377 g/mol. The molecule has 3 nitrogen and oxygen atoms in total. The van der Waals surface area contributed by atoms with Crippen molar-refractivity contribution in [3.8, 4) is 11.5 Å². The first-order chi connectivity index (χ1) is 9.65. The van der Waals surface area contributed by atoms with E-state index in [1.807, 2.05) is 18.2 Å². The average Bonchev–Trinajstić information content (AvgIpc) is 2.86. The molecule has 0 radical (unpaired) electrons. The molecular weight excluding hydrogens is 362 g/mol. The van der Waals surface area contributed by atoms with Gasteiger partial charge in [-0.05, 0) is 39.7 Å². The van der Waals surface area contributed by atoms with Gasteiger partial charge in [-0.3, -0.25) is 0 Å². The fourth-order valence-corrected chi connectivity index (χ4v) is 3.59. The smallest absolute Gasteiger partial charge is 0.179 e.